The predicted molar refractivity (Wildman–Crippen MR) is 37.4 cm³/mol. The summed E-state index contributed by atoms with van der Waals surface area (Å²) in [6, 6.07) is 0. The monoisotopic (exact) mass is 166 g/mol. The molecule has 3 nitrogen and oxygen atoms in total. The lowest BCUT2D eigenvalue weighted by molar-refractivity contribution is -0.117. The average Bonchev–Trinajstić information content (AvgIpc) is 2.15. The molecule has 0 aromatic rings. The summed E-state index contributed by atoms with van der Waals surface area (Å²) in [4.78, 5) is 10.3. The van der Waals surface area contributed by atoms with E-state index in [9.17, 15) is 9.18 Å². The van der Waals surface area contributed by atoms with Gasteiger partial charge in [0.2, 0.25) is 0 Å². The Kier molecular flexibility index (Phi) is 3.32. The van der Waals surface area contributed by atoms with E-state index in [4.69, 9.17) is 5.73 Å². The number of rotatable bonds is 1. The van der Waals surface area contributed by atoms with Crippen LogP contribution in [0.2, 0.25) is 0 Å². The molecule has 0 fully saturated rings. The third kappa shape index (κ3) is 1.46. The molecule has 1 heterocycles. The number of carbonyl (C=O) groups excluding carboxylic acids is 1. The summed E-state index contributed by atoms with van der Waals surface area (Å²) in [5, 5.41) is 2.30. The Morgan fingerprint density at radius 3 is 2.50 bits per heavy atom. The first-order valence-electron chi connectivity index (χ1n) is 2.61. The zero-order valence-electron chi connectivity index (χ0n) is 5.19. The zero-order valence-corrected chi connectivity index (χ0v) is 6.00. The van der Waals surface area contributed by atoms with Crippen LogP contribution in [0.25, 0.3) is 0 Å². The molecule has 0 saturated heterocycles. The van der Waals surface area contributed by atoms with Gasteiger partial charge in [-0.2, -0.15) is 0 Å². The number of nitrogens with one attached hydrogen (secondary N) is 1. The summed E-state index contributed by atoms with van der Waals surface area (Å²) >= 11 is 0. The second-order valence-electron chi connectivity index (χ2n) is 1.80. The number of hydrogen-bond acceptors (Lipinski definition) is 2. The molecule has 0 aromatic carbocycles. The maximum absolute atomic E-state index is 12.4. The molecular formula is C5H8ClFN2O. The van der Waals surface area contributed by atoms with Crippen LogP contribution in [0, 0.1) is 0 Å². The first-order chi connectivity index (χ1) is 4.25. The Labute approximate surface area is 63.9 Å². The minimum Gasteiger partial charge on any atom is -0.346 e. The van der Waals surface area contributed by atoms with Gasteiger partial charge in [0.1, 0.15) is 0 Å². The SMILES string of the molecule is Cl.NCC1=C(F)C(=O)NC1. The fraction of sp³-hybridized carbons (Fsp3) is 0.400. The molecule has 58 valence electrons. The van der Waals surface area contributed by atoms with E-state index in [1.807, 2.05) is 0 Å². The summed E-state index contributed by atoms with van der Waals surface area (Å²) in [6.45, 7) is 0.381. The molecule has 0 unspecified atom stereocenters. The average molecular weight is 167 g/mol. The van der Waals surface area contributed by atoms with E-state index in [-0.39, 0.29) is 25.5 Å². The Morgan fingerprint density at radius 2 is 2.30 bits per heavy atom. The van der Waals surface area contributed by atoms with E-state index < -0.39 is 11.7 Å². The Morgan fingerprint density at radius 1 is 1.70 bits per heavy atom. The van der Waals surface area contributed by atoms with Crippen molar-refractivity contribution in [1.82, 2.24) is 5.32 Å². The number of halogens is 2. The highest BCUT2D eigenvalue weighted by atomic mass is 35.5. The van der Waals surface area contributed by atoms with Gasteiger partial charge < -0.3 is 11.1 Å². The molecule has 0 aromatic heterocycles. The van der Waals surface area contributed by atoms with Gasteiger partial charge in [0.15, 0.2) is 5.83 Å². The van der Waals surface area contributed by atoms with Gasteiger partial charge in [0, 0.05) is 18.7 Å². The molecule has 1 rings (SSSR count). The number of carbonyl (C=O) groups is 1. The Hall–Kier alpha value is -0.610. The molecular weight excluding hydrogens is 159 g/mol. The second kappa shape index (κ2) is 3.53. The lowest BCUT2D eigenvalue weighted by Gasteiger charge is -1.89. The zero-order chi connectivity index (χ0) is 6.85. The molecule has 0 bridgehead atoms. The Bertz CT molecular complexity index is 180. The van der Waals surface area contributed by atoms with Gasteiger partial charge in [-0.05, 0) is 0 Å². The molecule has 3 N–H and O–H groups in total. The standard InChI is InChI=1S/C5H7FN2O.ClH/c6-4-3(1-7)2-8-5(4)9;/h1-2,7H2,(H,8,9);1H. The highest BCUT2D eigenvalue weighted by molar-refractivity contribution is 5.94. The number of nitrogens with two attached hydrogens (primary N) is 1. The van der Waals surface area contributed by atoms with Crippen LogP contribution in [-0.2, 0) is 4.79 Å². The minimum absolute atomic E-state index is 0. The highest BCUT2D eigenvalue weighted by Crippen LogP contribution is 2.09. The van der Waals surface area contributed by atoms with Gasteiger partial charge in [0.05, 0.1) is 0 Å². The van der Waals surface area contributed by atoms with Crippen molar-refractivity contribution in [2.75, 3.05) is 13.1 Å². The quantitative estimate of drug-likeness (QED) is 0.563. The van der Waals surface area contributed by atoms with Crippen molar-refractivity contribution >= 4 is 18.3 Å². The van der Waals surface area contributed by atoms with E-state index in [2.05, 4.69) is 5.32 Å². The van der Waals surface area contributed by atoms with E-state index in [0.29, 0.717) is 5.57 Å². The lowest BCUT2D eigenvalue weighted by atomic mass is 10.3. The van der Waals surface area contributed by atoms with E-state index in [0.717, 1.165) is 0 Å². The van der Waals surface area contributed by atoms with Crippen molar-refractivity contribution in [3.63, 3.8) is 0 Å². The topological polar surface area (TPSA) is 55.1 Å². The van der Waals surface area contributed by atoms with Crippen LogP contribution < -0.4 is 11.1 Å². The van der Waals surface area contributed by atoms with Crippen LogP contribution in [0.4, 0.5) is 4.39 Å². The molecule has 0 aliphatic carbocycles. The second-order valence-corrected chi connectivity index (χ2v) is 1.80. The van der Waals surface area contributed by atoms with Crippen molar-refractivity contribution in [2.45, 2.75) is 0 Å². The highest BCUT2D eigenvalue weighted by Gasteiger charge is 2.20. The molecule has 1 aliphatic rings. The van der Waals surface area contributed by atoms with E-state index >= 15 is 0 Å². The van der Waals surface area contributed by atoms with Gasteiger partial charge in [0.25, 0.3) is 5.91 Å². The van der Waals surface area contributed by atoms with Crippen LogP contribution in [0.5, 0.6) is 0 Å². The summed E-state index contributed by atoms with van der Waals surface area (Å²) in [6.07, 6.45) is 0. The first-order valence-corrected chi connectivity index (χ1v) is 2.61. The van der Waals surface area contributed by atoms with Crippen molar-refractivity contribution in [1.29, 1.82) is 0 Å². The molecule has 1 amide bonds. The molecule has 5 heteroatoms. The van der Waals surface area contributed by atoms with Gasteiger partial charge >= 0.3 is 0 Å². The van der Waals surface area contributed by atoms with Crippen molar-refractivity contribution in [3.05, 3.63) is 11.4 Å². The first kappa shape index (κ1) is 9.39. The lowest BCUT2D eigenvalue weighted by Crippen LogP contribution is -2.17. The van der Waals surface area contributed by atoms with Gasteiger partial charge in [-0.1, -0.05) is 0 Å². The van der Waals surface area contributed by atoms with Crippen LogP contribution in [0.15, 0.2) is 11.4 Å². The molecule has 0 atom stereocenters. The van der Waals surface area contributed by atoms with Gasteiger partial charge in [-0.3, -0.25) is 4.79 Å². The van der Waals surface area contributed by atoms with Gasteiger partial charge in [-0.25, -0.2) is 4.39 Å². The minimum atomic E-state index is -0.711. The fourth-order valence-corrected chi connectivity index (χ4v) is 0.665. The maximum atomic E-state index is 12.4. The van der Waals surface area contributed by atoms with Crippen molar-refractivity contribution < 1.29 is 9.18 Å². The van der Waals surface area contributed by atoms with Crippen LogP contribution in [0.1, 0.15) is 0 Å². The molecule has 0 saturated carbocycles. The summed E-state index contributed by atoms with van der Waals surface area (Å²) < 4.78 is 12.4. The van der Waals surface area contributed by atoms with Crippen LogP contribution in [-0.4, -0.2) is 19.0 Å². The third-order valence-electron chi connectivity index (χ3n) is 1.22. The number of amides is 1. The number of hydrogen-bond donors (Lipinski definition) is 2. The normalized spacial score (nSPS) is 16.8. The summed E-state index contributed by atoms with van der Waals surface area (Å²) in [7, 11) is 0. The summed E-state index contributed by atoms with van der Waals surface area (Å²) in [5.74, 6) is -1.35. The Balaban J connectivity index is 0.000000810. The molecule has 1 aliphatic heterocycles. The molecule has 0 spiro atoms. The largest absolute Gasteiger partial charge is 0.346 e. The smallest absolute Gasteiger partial charge is 0.280 e. The molecule has 0 radical (unpaired) electrons. The summed E-state index contributed by atoms with van der Waals surface area (Å²) in [5.41, 5.74) is 5.46. The van der Waals surface area contributed by atoms with E-state index in [1.54, 1.807) is 0 Å². The predicted octanol–water partition coefficient (Wildman–Crippen LogP) is -0.280. The van der Waals surface area contributed by atoms with E-state index in [1.165, 1.54) is 0 Å². The fourth-order valence-electron chi connectivity index (χ4n) is 0.665. The van der Waals surface area contributed by atoms with Gasteiger partial charge in [-0.15, -0.1) is 12.4 Å². The van der Waals surface area contributed by atoms with Crippen LogP contribution >= 0.6 is 12.4 Å². The molecule has 10 heavy (non-hydrogen) atoms. The third-order valence-corrected chi connectivity index (χ3v) is 1.22. The van der Waals surface area contributed by atoms with Crippen molar-refractivity contribution in [2.24, 2.45) is 5.73 Å². The van der Waals surface area contributed by atoms with Crippen LogP contribution in [0.3, 0.4) is 0 Å². The van der Waals surface area contributed by atoms with Crippen molar-refractivity contribution in [3.8, 4) is 0 Å². The maximum Gasteiger partial charge on any atom is 0.280 e.